The van der Waals surface area contributed by atoms with E-state index in [0.717, 1.165) is 37.9 Å². The minimum absolute atomic E-state index is 0.0304. The number of rotatable bonds is 11. The van der Waals surface area contributed by atoms with Crippen LogP contribution in [0.25, 0.3) is 0 Å². The van der Waals surface area contributed by atoms with Gasteiger partial charge in [0, 0.05) is 0 Å². The SMILES string of the molecule is COc1ccc(P(Oc2c(Cc3ccc(O)cc3O)cc(C)cc2Cc2ccc(O)cc2O)(c2ccccc2)(c2ccccc2)c2ccccc2)cc1. The molecule has 0 bridgehead atoms. The summed E-state index contributed by atoms with van der Waals surface area (Å²) in [4.78, 5) is 0. The van der Waals surface area contributed by atoms with Gasteiger partial charge in [-0.3, -0.25) is 0 Å². The van der Waals surface area contributed by atoms with Crippen molar-refractivity contribution in [2.24, 2.45) is 0 Å². The second kappa shape index (κ2) is 14.4. The molecular weight excluding hydrogens is 679 g/mol. The van der Waals surface area contributed by atoms with Crippen LogP contribution in [0.1, 0.15) is 27.8 Å². The summed E-state index contributed by atoms with van der Waals surface area (Å²) in [7, 11) is 1.65. The van der Waals surface area contributed by atoms with Gasteiger partial charge in [0.2, 0.25) is 0 Å². The minimum atomic E-state index is -4.30. The van der Waals surface area contributed by atoms with Gasteiger partial charge >= 0.3 is 311 Å². The van der Waals surface area contributed by atoms with Crippen LogP contribution >= 0.6 is 6.83 Å². The molecule has 7 aromatic carbocycles. The third kappa shape index (κ3) is 6.32. The molecule has 0 spiro atoms. The van der Waals surface area contributed by atoms with Gasteiger partial charge in [0.1, 0.15) is 0 Å². The maximum absolute atomic E-state index is 11.1. The molecule has 7 heteroatoms. The molecule has 0 atom stereocenters. The second-order valence-electron chi connectivity index (χ2n) is 13.2. The Morgan fingerprint density at radius 2 is 0.849 bits per heavy atom. The van der Waals surface area contributed by atoms with Gasteiger partial charge < -0.3 is 0 Å². The molecule has 0 saturated carbocycles. The number of hydrogen-bond acceptors (Lipinski definition) is 6. The summed E-state index contributed by atoms with van der Waals surface area (Å²) >= 11 is 0. The summed E-state index contributed by atoms with van der Waals surface area (Å²) in [5.41, 5.74) is 3.80. The Hall–Kier alpha value is -6.23. The van der Waals surface area contributed by atoms with Crippen LogP contribution in [0.4, 0.5) is 0 Å². The first-order valence-corrected chi connectivity index (χ1v) is 19.5. The third-order valence-electron chi connectivity index (χ3n) is 9.87. The molecular formula is C46H41O6P. The first-order valence-electron chi connectivity index (χ1n) is 17.4. The zero-order valence-corrected chi connectivity index (χ0v) is 30.4. The molecule has 0 amide bonds. The Kier molecular flexibility index (Phi) is 9.57. The Morgan fingerprint density at radius 1 is 0.453 bits per heavy atom. The standard InChI is InChI=1S/C46H41O6P/c1-32-26-35(28-33-18-20-37(47)30-44(33)49)46(36(27-32)29-34-19-21-38(48)31-45(34)50)52-53(40-12-6-3-7-13-40,41-14-8-4-9-15-41,42-16-10-5-11-17-42)43-24-22-39(51-2)23-25-43/h3-27,30-31,47-50H,28-29H2,1-2H3. The van der Waals surface area contributed by atoms with Crippen molar-refractivity contribution < 1.29 is 29.7 Å². The van der Waals surface area contributed by atoms with Gasteiger partial charge in [-0.05, 0) is 0 Å². The number of phenolic OH excluding ortho intramolecular Hbond substituents is 4. The van der Waals surface area contributed by atoms with Crippen molar-refractivity contribution in [3.05, 3.63) is 192 Å². The fourth-order valence-electron chi connectivity index (χ4n) is 7.41. The van der Waals surface area contributed by atoms with E-state index in [2.05, 4.69) is 60.7 Å². The fourth-order valence-corrected chi connectivity index (χ4v) is 13.2. The number of hydrogen-bond donors (Lipinski definition) is 4. The Morgan fingerprint density at radius 3 is 1.23 bits per heavy atom. The van der Waals surface area contributed by atoms with E-state index < -0.39 is 6.83 Å². The van der Waals surface area contributed by atoms with Crippen LogP contribution in [0.3, 0.4) is 0 Å². The number of aryl methyl sites for hydroxylation is 1. The van der Waals surface area contributed by atoms with Crippen LogP contribution in [0.2, 0.25) is 0 Å². The Balaban J connectivity index is 1.64. The van der Waals surface area contributed by atoms with Gasteiger partial charge in [-0.15, -0.1) is 0 Å². The molecule has 6 nitrogen and oxygen atoms in total. The van der Waals surface area contributed by atoms with E-state index in [-0.39, 0.29) is 35.8 Å². The van der Waals surface area contributed by atoms with Crippen LogP contribution in [0.15, 0.2) is 164 Å². The van der Waals surface area contributed by atoms with Crippen LogP contribution < -0.4 is 30.5 Å². The monoisotopic (exact) mass is 720 g/mol. The summed E-state index contributed by atoms with van der Waals surface area (Å²) in [5.74, 6) is 1.19. The number of methoxy groups -OCH3 is 1. The molecule has 0 aliphatic heterocycles. The first kappa shape index (κ1) is 35.2. The summed E-state index contributed by atoms with van der Waals surface area (Å²) < 4.78 is 13.9. The van der Waals surface area contributed by atoms with E-state index in [1.807, 2.05) is 73.7 Å². The third-order valence-corrected chi connectivity index (χ3v) is 15.6. The molecule has 0 saturated heterocycles. The van der Waals surface area contributed by atoms with Crippen LogP contribution in [0.5, 0.6) is 34.5 Å². The Labute approximate surface area is 309 Å². The quantitative estimate of drug-likeness (QED) is 0.101. The van der Waals surface area contributed by atoms with Crippen molar-refractivity contribution >= 4 is 28.0 Å². The van der Waals surface area contributed by atoms with Crippen molar-refractivity contribution in [2.45, 2.75) is 19.8 Å². The van der Waals surface area contributed by atoms with Crippen molar-refractivity contribution in [3.63, 3.8) is 0 Å². The van der Waals surface area contributed by atoms with Crippen molar-refractivity contribution in [1.82, 2.24) is 0 Å². The van der Waals surface area contributed by atoms with Crippen molar-refractivity contribution in [3.8, 4) is 34.5 Å². The molecule has 0 aliphatic rings. The van der Waals surface area contributed by atoms with E-state index in [9.17, 15) is 20.4 Å². The average molecular weight is 721 g/mol. The van der Waals surface area contributed by atoms with Gasteiger partial charge in [-0.25, -0.2) is 0 Å². The summed E-state index contributed by atoms with van der Waals surface area (Å²) in [5, 5.41) is 46.3. The topological polar surface area (TPSA) is 99.4 Å². The molecule has 0 fully saturated rings. The van der Waals surface area contributed by atoms with Crippen LogP contribution in [0, 0.1) is 6.92 Å². The normalized spacial score (nSPS) is 12.1. The molecule has 0 aliphatic carbocycles. The number of phenols is 4. The molecule has 0 aromatic heterocycles. The maximum atomic E-state index is 11.1. The number of aromatic hydroxyl groups is 4. The number of ether oxygens (including phenoxy) is 1. The van der Waals surface area contributed by atoms with E-state index in [4.69, 9.17) is 9.26 Å². The predicted octanol–water partition coefficient (Wildman–Crippen LogP) is 8.16. The van der Waals surface area contributed by atoms with Gasteiger partial charge in [-0.2, -0.15) is 0 Å². The molecule has 0 unspecified atom stereocenters. The first-order chi connectivity index (χ1) is 25.7. The van der Waals surface area contributed by atoms with Gasteiger partial charge in [0.05, 0.1) is 0 Å². The Bertz CT molecular complexity index is 2190. The molecule has 0 heterocycles. The van der Waals surface area contributed by atoms with E-state index in [1.165, 1.54) is 12.1 Å². The van der Waals surface area contributed by atoms with E-state index in [0.29, 0.717) is 22.6 Å². The molecule has 4 N–H and O–H groups in total. The van der Waals surface area contributed by atoms with E-state index >= 15 is 0 Å². The van der Waals surface area contributed by atoms with E-state index in [1.54, 1.807) is 31.4 Å². The van der Waals surface area contributed by atoms with Crippen LogP contribution in [-0.4, -0.2) is 27.5 Å². The molecule has 7 aromatic rings. The zero-order chi connectivity index (χ0) is 37.0. The van der Waals surface area contributed by atoms with Gasteiger partial charge in [-0.1, -0.05) is 0 Å². The average Bonchev–Trinajstić information content (AvgIpc) is 3.18. The van der Waals surface area contributed by atoms with Gasteiger partial charge in [0.15, 0.2) is 0 Å². The molecule has 53 heavy (non-hydrogen) atoms. The zero-order valence-electron chi connectivity index (χ0n) is 29.6. The van der Waals surface area contributed by atoms with Crippen LogP contribution in [-0.2, 0) is 12.8 Å². The van der Waals surface area contributed by atoms with Gasteiger partial charge in [0.25, 0.3) is 0 Å². The summed E-state index contributed by atoms with van der Waals surface area (Å²) in [6.07, 6.45) is 0.566. The molecule has 0 radical (unpaired) electrons. The summed E-state index contributed by atoms with van der Waals surface area (Å²) in [6, 6.07) is 52.5. The van der Waals surface area contributed by atoms with Crippen molar-refractivity contribution in [2.75, 3.05) is 7.11 Å². The number of benzene rings is 7. The summed E-state index contributed by atoms with van der Waals surface area (Å²) in [6.45, 7) is -2.28. The molecule has 266 valence electrons. The second-order valence-corrected chi connectivity index (χ2v) is 17.5. The van der Waals surface area contributed by atoms with Crippen molar-refractivity contribution in [1.29, 1.82) is 0 Å². The predicted molar refractivity (Wildman–Crippen MR) is 215 cm³/mol. The molecule has 7 rings (SSSR count). The fraction of sp³-hybridized carbons (Fsp3) is 0.0870.